The lowest BCUT2D eigenvalue weighted by atomic mass is 10.1. The Kier molecular flexibility index (Phi) is 6.05. The van der Waals surface area contributed by atoms with Gasteiger partial charge in [-0.25, -0.2) is 9.67 Å². The summed E-state index contributed by atoms with van der Waals surface area (Å²) >= 11 is 0. The fraction of sp³-hybridized carbons (Fsp3) is 0.400. The predicted octanol–water partition coefficient (Wildman–Crippen LogP) is 0.542. The number of nitrogens with zero attached hydrogens (tertiary/aromatic N) is 3. The van der Waals surface area contributed by atoms with E-state index in [0.29, 0.717) is 25.3 Å². The van der Waals surface area contributed by atoms with Gasteiger partial charge >= 0.3 is 0 Å². The highest BCUT2D eigenvalue weighted by Crippen LogP contribution is 2.14. The van der Waals surface area contributed by atoms with Gasteiger partial charge in [0.2, 0.25) is 0 Å². The number of benzene rings is 1. The molecule has 0 fully saturated rings. The summed E-state index contributed by atoms with van der Waals surface area (Å²) in [5.74, 6) is -0.0817. The third kappa shape index (κ3) is 4.37. The maximum Gasteiger partial charge on any atom is 0.251 e. The summed E-state index contributed by atoms with van der Waals surface area (Å²) in [4.78, 5) is 16.0. The number of aryl methyl sites for hydroxylation is 1. The molecule has 0 bridgehead atoms. The number of methoxy groups -OCH3 is 1. The van der Waals surface area contributed by atoms with E-state index in [9.17, 15) is 4.79 Å². The molecule has 0 aliphatic carbocycles. The van der Waals surface area contributed by atoms with Gasteiger partial charge in [0.25, 0.3) is 5.91 Å². The maximum absolute atomic E-state index is 12.1. The largest absolute Gasteiger partial charge is 0.383 e. The SMILES string of the molecule is COCCNCCNC(=O)c1ccc(-n2cncn2)c(C)c1. The van der Waals surface area contributed by atoms with Crippen molar-refractivity contribution < 1.29 is 9.53 Å². The molecule has 0 radical (unpaired) electrons. The number of ether oxygens (including phenoxy) is 1. The Balaban J connectivity index is 1.87. The molecule has 1 aromatic carbocycles. The van der Waals surface area contributed by atoms with E-state index in [1.54, 1.807) is 24.2 Å². The molecule has 0 saturated carbocycles. The molecule has 0 aliphatic heterocycles. The van der Waals surface area contributed by atoms with Crippen molar-refractivity contribution in [1.29, 1.82) is 0 Å². The summed E-state index contributed by atoms with van der Waals surface area (Å²) in [7, 11) is 1.66. The van der Waals surface area contributed by atoms with Crippen LogP contribution in [0.2, 0.25) is 0 Å². The zero-order valence-electron chi connectivity index (χ0n) is 12.9. The number of hydrogen-bond donors (Lipinski definition) is 2. The zero-order chi connectivity index (χ0) is 15.8. The number of aromatic nitrogens is 3. The van der Waals surface area contributed by atoms with Crippen molar-refractivity contribution in [3.05, 3.63) is 42.0 Å². The van der Waals surface area contributed by atoms with Gasteiger partial charge in [-0.3, -0.25) is 4.79 Å². The Morgan fingerprint density at radius 3 is 2.86 bits per heavy atom. The molecule has 22 heavy (non-hydrogen) atoms. The molecule has 0 spiro atoms. The first-order valence-electron chi connectivity index (χ1n) is 7.16. The standard InChI is InChI=1S/C15H21N5O2/c1-12-9-13(3-4-14(12)20-11-17-10-19-20)15(21)18-6-5-16-7-8-22-2/h3-4,9-11,16H,5-8H2,1-2H3,(H,18,21). The molecule has 118 valence electrons. The molecule has 2 aromatic rings. The van der Waals surface area contributed by atoms with Gasteiger partial charge in [0.15, 0.2) is 0 Å². The number of hydrogen-bond acceptors (Lipinski definition) is 5. The van der Waals surface area contributed by atoms with Crippen LogP contribution in [0, 0.1) is 6.92 Å². The normalized spacial score (nSPS) is 10.6. The van der Waals surface area contributed by atoms with Crippen LogP contribution >= 0.6 is 0 Å². The Morgan fingerprint density at radius 2 is 2.18 bits per heavy atom. The van der Waals surface area contributed by atoms with Crippen molar-refractivity contribution in [2.45, 2.75) is 6.92 Å². The van der Waals surface area contributed by atoms with E-state index in [4.69, 9.17) is 4.74 Å². The topological polar surface area (TPSA) is 81.1 Å². The van der Waals surface area contributed by atoms with Crippen molar-refractivity contribution in [3.63, 3.8) is 0 Å². The lowest BCUT2D eigenvalue weighted by molar-refractivity contribution is 0.0953. The Morgan fingerprint density at radius 1 is 1.32 bits per heavy atom. The van der Waals surface area contributed by atoms with Crippen molar-refractivity contribution in [3.8, 4) is 5.69 Å². The van der Waals surface area contributed by atoms with E-state index in [2.05, 4.69) is 20.7 Å². The van der Waals surface area contributed by atoms with E-state index in [1.807, 2.05) is 19.1 Å². The van der Waals surface area contributed by atoms with Gasteiger partial charge in [-0.15, -0.1) is 0 Å². The highest BCUT2D eigenvalue weighted by molar-refractivity contribution is 5.94. The van der Waals surface area contributed by atoms with Gasteiger partial charge in [0.1, 0.15) is 12.7 Å². The molecule has 1 amide bonds. The molecule has 2 N–H and O–H groups in total. The Bertz CT molecular complexity index is 598. The molecule has 1 aromatic heterocycles. The monoisotopic (exact) mass is 303 g/mol. The van der Waals surface area contributed by atoms with Crippen LogP contribution in [0.25, 0.3) is 5.69 Å². The summed E-state index contributed by atoms with van der Waals surface area (Å²) in [6.07, 6.45) is 3.12. The maximum atomic E-state index is 12.1. The summed E-state index contributed by atoms with van der Waals surface area (Å²) in [6, 6.07) is 5.51. The average Bonchev–Trinajstić information content (AvgIpc) is 3.04. The quantitative estimate of drug-likeness (QED) is 0.696. The van der Waals surface area contributed by atoms with Gasteiger partial charge in [-0.1, -0.05) is 0 Å². The van der Waals surface area contributed by atoms with Crippen LogP contribution in [0.4, 0.5) is 0 Å². The summed E-state index contributed by atoms with van der Waals surface area (Å²) < 4.78 is 6.61. The fourth-order valence-corrected chi connectivity index (χ4v) is 2.05. The lowest BCUT2D eigenvalue weighted by Gasteiger charge is -2.09. The summed E-state index contributed by atoms with van der Waals surface area (Å²) in [5.41, 5.74) is 2.52. The Hall–Kier alpha value is -2.25. The minimum Gasteiger partial charge on any atom is -0.383 e. The number of amides is 1. The van der Waals surface area contributed by atoms with Crippen molar-refractivity contribution in [2.24, 2.45) is 0 Å². The van der Waals surface area contributed by atoms with Gasteiger partial charge in [0.05, 0.1) is 12.3 Å². The molecule has 2 rings (SSSR count). The van der Waals surface area contributed by atoms with Crippen LogP contribution in [0.5, 0.6) is 0 Å². The summed E-state index contributed by atoms with van der Waals surface area (Å²) in [6.45, 7) is 4.67. The van der Waals surface area contributed by atoms with E-state index < -0.39 is 0 Å². The minimum atomic E-state index is -0.0817. The molecule has 1 heterocycles. The second-order valence-corrected chi connectivity index (χ2v) is 4.84. The second-order valence-electron chi connectivity index (χ2n) is 4.84. The van der Waals surface area contributed by atoms with Crippen LogP contribution in [-0.2, 0) is 4.74 Å². The van der Waals surface area contributed by atoms with Crippen LogP contribution < -0.4 is 10.6 Å². The van der Waals surface area contributed by atoms with Crippen molar-refractivity contribution in [2.75, 3.05) is 33.4 Å². The molecular formula is C15H21N5O2. The predicted molar refractivity (Wildman–Crippen MR) is 83.2 cm³/mol. The lowest BCUT2D eigenvalue weighted by Crippen LogP contribution is -2.33. The van der Waals surface area contributed by atoms with Crippen LogP contribution in [0.3, 0.4) is 0 Å². The molecular weight excluding hydrogens is 282 g/mol. The van der Waals surface area contributed by atoms with E-state index in [-0.39, 0.29) is 5.91 Å². The van der Waals surface area contributed by atoms with Crippen LogP contribution in [0.15, 0.2) is 30.9 Å². The molecule has 0 aliphatic rings. The highest BCUT2D eigenvalue weighted by Gasteiger charge is 2.08. The molecule has 0 saturated heterocycles. The highest BCUT2D eigenvalue weighted by atomic mass is 16.5. The second kappa shape index (κ2) is 8.26. The van der Waals surface area contributed by atoms with Crippen molar-refractivity contribution >= 4 is 5.91 Å². The van der Waals surface area contributed by atoms with Crippen LogP contribution in [0.1, 0.15) is 15.9 Å². The third-order valence-electron chi connectivity index (χ3n) is 3.19. The van der Waals surface area contributed by atoms with E-state index in [0.717, 1.165) is 17.8 Å². The van der Waals surface area contributed by atoms with Gasteiger partial charge in [0, 0.05) is 32.3 Å². The first kappa shape index (κ1) is 16.1. The number of rotatable bonds is 8. The summed E-state index contributed by atoms with van der Waals surface area (Å²) in [5, 5.41) is 10.1. The van der Waals surface area contributed by atoms with Gasteiger partial charge in [-0.05, 0) is 30.7 Å². The van der Waals surface area contributed by atoms with Crippen molar-refractivity contribution in [1.82, 2.24) is 25.4 Å². The van der Waals surface area contributed by atoms with Gasteiger partial charge in [-0.2, -0.15) is 5.10 Å². The van der Waals surface area contributed by atoms with Crippen LogP contribution in [-0.4, -0.2) is 54.0 Å². The fourth-order valence-electron chi connectivity index (χ4n) is 2.05. The Labute approximate surface area is 129 Å². The van der Waals surface area contributed by atoms with E-state index in [1.165, 1.54) is 6.33 Å². The molecule has 7 nitrogen and oxygen atoms in total. The first-order valence-corrected chi connectivity index (χ1v) is 7.16. The smallest absolute Gasteiger partial charge is 0.251 e. The first-order chi connectivity index (χ1) is 10.7. The van der Waals surface area contributed by atoms with Gasteiger partial charge < -0.3 is 15.4 Å². The number of nitrogens with one attached hydrogen (secondary N) is 2. The van der Waals surface area contributed by atoms with E-state index >= 15 is 0 Å². The zero-order valence-corrected chi connectivity index (χ0v) is 12.9. The number of carbonyl (C=O) groups is 1. The molecule has 0 unspecified atom stereocenters. The molecule has 0 atom stereocenters. The molecule has 7 heteroatoms. The number of carbonyl (C=O) groups excluding carboxylic acids is 1. The minimum absolute atomic E-state index is 0.0817. The average molecular weight is 303 g/mol. The third-order valence-corrected chi connectivity index (χ3v) is 3.19.